The van der Waals surface area contributed by atoms with E-state index in [2.05, 4.69) is 15.5 Å². The number of likely N-dealkylation sites (N-methyl/N-ethyl adjacent to an activating group) is 1. The normalized spacial score (nSPS) is 25.6. The zero-order chi connectivity index (χ0) is 14.2. The molecule has 1 amide bonds. The average molecular weight is 281 g/mol. The lowest BCUT2D eigenvalue weighted by Crippen LogP contribution is -2.45. The van der Waals surface area contributed by atoms with Crippen LogP contribution in [0.1, 0.15) is 51.4 Å². The minimum absolute atomic E-state index is 0.238. The van der Waals surface area contributed by atoms with Gasteiger partial charge in [-0.15, -0.1) is 0 Å². The summed E-state index contributed by atoms with van der Waals surface area (Å²) < 4.78 is 0. The lowest BCUT2D eigenvalue weighted by molar-refractivity contribution is -0.121. The number of carbonyl (C=O) groups excluding carboxylic acids is 1. The zero-order valence-corrected chi connectivity index (χ0v) is 13.0. The van der Waals surface area contributed by atoms with Crippen molar-refractivity contribution in [3.8, 4) is 0 Å². The molecule has 116 valence electrons. The summed E-state index contributed by atoms with van der Waals surface area (Å²) in [6.07, 6.45) is 9.84. The molecule has 2 aliphatic rings. The fraction of sp³-hybridized carbons (Fsp3) is 0.938. The Morgan fingerprint density at radius 2 is 1.95 bits per heavy atom. The molecule has 0 spiro atoms. The smallest absolute Gasteiger partial charge is 0.221 e. The second-order valence-corrected chi connectivity index (χ2v) is 6.49. The van der Waals surface area contributed by atoms with Gasteiger partial charge in [0.1, 0.15) is 0 Å². The summed E-state index contributed by atoms with van der Waals surface area (Å²) in [6, 6.07) is 0.606. The quantitative estimate of drug-likeness (QED) is 0.780. The van der Waals surface area contributed by atoms with E-state index in [-0.39, 0.29) is 5.91 Å². The maximum absolute atomic E-state index is 11.9. The van der Waals surface area contributed by atoms with E-state index in [0.29, 0.717) is 12.5 Å². The number of rotatable bonds is 6. The van der Waals surface area contributed by atoms with Crippen molar-refractivity contribution >= 4 is 5.91 Å². The summed E-state index contributed by atoms with van der Waals surface area (Å²) in [5.41, 5.74) is 0. The number of likely N-dealkylation sites (tertiary alicyclic amines) is 1. The monoisotopic (exact) mass is 281 g/mol. The Balaban J connectivity index is 1.57. The molecule has 1 unspecified atom stereocenters. The van der Waals surface area contributed by atoms with Crippen LogP contribution in [0.5, 0.6) is 0 Å². The predicted octanol–water partition coefficient (Wildman–Crippen LogP) is 1.76. The Bertz CT molecular complexity index is 289. The van der Waals surface area contributed by atoms with Gasteiger partial charge in [0.05, 0.1) is 0 Å². The van der Waals surface area contributed by atoms with E-state index in [0.717, 1.165) is 32.1 Å². The topological polar surface area (TPSA) is 44.4 Å². The standard InChI is InChI=1S/C16H31N3O/c1-17-15-8-5-10-19(13-15)11-9-16(20)18-12-14-6-3-2-4-7-14/h14-15,17H,2-13H2,1H3,(H,18,20). The van der Waals surface area contributed by atoms with Crippen LogP contribution in [0.25, 0.3) is 0 Å². The van der Waals surface area contributed by atoms with Crippen LogP contribution in [0, 0.1) is 5.92 Å². The molecule has 4 heteroatoms. The second kappa shape index (κ2) is 8.63. The number of nitrogens with zero attached hydrogens (tertiary/aromatic N) is 1. The first-order valence-corrected chi connectivity index (χ1v) is 8.44. The van der Waals surface area contributed by atoms with Gasteiger partial charge in [0.15, 0.2) is 0 Å². The van der Waals surface area contributed by atoms with E-state index in [9.17, 15) is 4.79 Å². The van der Waals surface area contributed by atoms with Gasteiger partial charge in [0.25, 0.3) is 0 Å². The molecule has 2 N–H and O–H groups in total. The van der Waals surface area contributed by atoms with E-state index in [1.807, 2.05) is 7.05 Å². The van der Waals surface area contributed by atoms with Crippen molar-refractivity contribution in [1.29, 1.82) is 0 Å². The fourth-order valence-electron chi connectivity index (χ4n) is 3.49. The van der Waals surface area contributed by atoms with E-state index < -0.39 is 0 Å². The van der Waals surface area contributed by atoms with Gasteiger partial charge in [0.2, 0.25) is 5.91 Å². The Morgan fingerprint density at radius 1 is 1.15 bits per heavy atom. The largest absolute Gasteiger partial charge is 0.356 e. The van der Waals surface area contributed by atoms with Crippen LogP contribution >= 0.6 is 0 Å². The van der Waals surface area contributed by atoms with Crippen LogP contribution in [0.3, 0.4) is 0 Å². The highest BCUT2D eigenvalue weighted by Gasteiger charge is 2.19. The molecule has 1 saturated heterocycles. The Morgan fingerprint density at radius 3 is 2.70 bits per heavy atom. The van der Waals surface area contributed by atoms with Gasteiger partial charge in [-0.3, -0.25) is 4.79 Å². The van der Waals surface area contributed by atoms with Crippen LogP contribution in [-0.4, -0.2) is 50.1 Å². The molecule has 20 heavy (non-hydrogen) atoms. The van der Waals surface area contributed by atoms with Crippen molar-refractivity contribution in [2.45, 2.75) is 57.4 Å². The Labute approximate surface area is 123 Å². The number of piperidine rings is 1. The van der Waals surface area contributed by atoms with Crippen molar-refractivity contribution in [3.05, 3.63) is 0 Å². The van der Waals surface area contributed by atoms with Crippen LogP contribution < -0.4 is 10.6 Å². The van der Waals surface area contributed by atoms with E-state index in [4.69, 9.17) is 0 Å². The molecule has 0 aromatic heterocycles. The average Bonchev–Trinajstić information content (AvgIpc) is 2.52. The van der Waals surface area contributed by atoms with Crippen molar-refractivity contribution in [2.75, 3.05) is 33.2 Å². The second-order valence-electron chi connectivity index (χ2n) is 6.49. The fourth-order valence-corrected chi connectivity index (χ4v) is 3.49. The van der Waals surface area contributed by atoms with Gasteiger partial charge in [-0.05, 0) is 45.2 Å². The molecular weight excluding hydrogens is 250 g/mol. The highest BCUT2D eigenvalue weighted by Crippen LogP contribution is 2.22. The minimum atomic E-state index is 0.238. The number of nitrogens with one attached hydrogen (secondary N) is 2. The van der Waals surface area contributed by atoms with E-state index in [1.165, 1.54) is 44.9 Å². The van der Waals surface area contributed by atoms with E-state index >= 15 is 0 Å². The van der Waals surface area contributed by atoms with Crippen LogP contribution in [0.2, 0.25) is 0 Å². The number of amides is 1. The third kappa shape index (κ3) is 5.41. The van der Waals surface area contributed by atoms with Gasteiger partial charge >= 0.3 is 0 Å². The van der Waals surface area contributed by atoms with Gasteiger partial charge in [-0.2, -0.15) is 0 Å². The highest BCUT2D eigenvalue weighted by atomic mass is 16.1. The molecule has 1 atom stereocenters. The molecule has 0 bridgehead atoms. The first-order chi connectivity index (χ1) is 9.78. The molecule has 0 aromatic carbocycles. The van der Waals surface area contributed by atoms with Crippen molar-refractivity contribution in [3.63, 3.8) is 0 Å². The highest BCUT2D eigenvalue weighted by molar-refractivity contribution is 5.76. The molecule has 2 rings (SSSR count). The maximum Gasteiger partial charge on any atom is 0.221 e. The summed E-state index contributed by atoms with van der Waals surface area (Å²) in [4.78, 5) is 14.3. The molecule has 2 fully saturated rings. The molecule has 0 aromatic rings. The third-order valence-corrected chi connectivity index (χ3v) is 4.88. The first-order valence-electron chi connectivity index (χ1n) is 8.44. The molecule has 1 heterocycles. The molecule has 1 aliphatic carbocycles. The number of carbonyl (C=O) groups is 1. The summed E-state index contributed by atoms with van der Waals surface area (Å²) in [6.45, 7) is 4.05. The molecular formula is C16H31N3O. The van der Waals surface area contributed by atoms with E-state index in [1.54, 1.807) is 0 Å². The van der Waals surface area contributed by atoms with Crippen molar-refractivity contribution < 1.29 is 4.79 Å². The summed E-state index contributed by atoms with van der Waals surface area (Å²) in [5.74, 6) is 0.971. The number of hydrogen-bond donors (Lipinski definition) is 2. The molecule has 1 aliphatic heterocycles. The van der Waals surface area contributed by atoms with Gasteiger partial charge in [-0.25, -0.2) is 0 Å². The minimum Gasteiger partial charge on any atom is -0.356 e. The van der Waals surface area contributed by atoms with Crippen molar-refractivity contribution in [2.24, 2.45) is 5.92 Å². The lowest BCUT2D eigenvalue weighted by Gasteiger charge is -2.32. The molecule has 1 saturated carbocycles. The third-order valence-electron chi connectivity index (χ3n) is 4.88. The zero-order valence-electron chi connectivity index (χ0n) is 13.0. The predicted molar refractivity (Wildman–Crippen MR) is 82.7 cm³/mol. The molecule has 4 nitrogen and oxygen atoms in total. The van der Waals surface area contributed by atoms with Crippen LogP contribution in [-0.2, 0) is 4.79 Å². The van der Waals surface area contributed by atoms with Crippen LogP contribution in [0.4, 0.5) is 0 Å². The summed E-state index contributed by atoms with van der Waals surface area (Å²) in [7, 11) is 2.03. The van der Waals surface area contributed by atoms with Crippen molar-refractivity contribution in [1.82, 2.24) is 15.5 Å². The maximum atomic E-state index is 11.9. The van der Waals surface area contributed by atoms with Gasteiger partial charge < -0.3 is 15.5 Å². The van der Waals surface area contributed by atoms with Gasteiger partial charge in [-0.1, -0.05) is 19.3 Å². The Kier molecular flexibility index (Phi) is 6.80. The summed E-state index contributed by atoms with van der Waals surface area (Å²) >= 11 is 0. The lowest BCUT2D eigenvalue weighted by atomic mass is 9.89. The summed E-state index contributed by atoms with van der Waals surface area (Å²) in [5, 5.41) is 6.48. The first kappa shape index (κ1) is 15.8. The van der Waals surface area contributed by atoms with Crippen LogP contribution in [0.15, 0.2) is 0 Å². The SMILES string of the molecule is CNC1CCCN(CCC(=O)NCC2CCCCC2)C1. The Hall–Kier alpha value is -0.610. The molecule has 0 radical (unpaired) electrons. The number of hydrogen-bond acceptors (Lipinski definition) is 3. The van der Waals surface area contributed by atoms with Gasteiger partial charge in [0, 0.05) is 32.1 Å².